The fourth-order valence-corrected chi connectivity index (χ4v) is 1.72. The number of nitro benzene ring substituents is 1. The predicted octanol–water partition coefficient (Wildman–Crippen LogP) is 1.26. The van der Waals surface area contributed by atoms with E-state index in [0.717, 1.165) is 5.56 Å². The van der Waals surface area contributed by atoms with Gasteiger partial charge in [0.05, 0.1) is 18.2 Å². The van der Waals surface area contributed by atoms with Crippen molar-refractivity contribution in [1.82, 2.24) is 15.5 Å². The minimum absolute atomic E-state index is 0.0940. The Morgan fingerprint density at radius 1 is 1.55 bits per heavy atom. The third-order valence-electron chi connectivity index (χ3n) is 2.66. The number of rotatable bonds is 5. The molecule has 0 aliphatic heterocycles. The topological polar surface area (TPSA) is 110 Å². The Balaban J connectivity index is 2.25. The lowest BCUT2D eigenvalue weighted by molar-refractivity contribution is -0.385. The van der Waals surface area contributed by atoms with Crippen molar-refractivity contribution >= 4 is 11.6 Å². The van der Waals surface area contributed by atoms with Crippen molar-refractivity contribution in [3.63, 3.8) is 0 Å². The first-order valence-electron chi connectivity index (χ1n) is 5.70. The minimum Gasteiger partial charge on any atom is -0.496 e. The van der Waals surface area contributed by atoms with Crippen LogP contribution in [0.25, 0.3) is 0 Å². The molecule has 1 aromatic heterocycles. The molecule has 0 atom stereocenters. The van der Waals surface area contributed by atoms with Gasteiger partial charge in [0.25, 0.3) is 11.6 Å². The quantitative estimate of drug-likeness (QED) is 0.631. The van der Waals surface area contributed by atoms with Gasteiger partial charge in [-0.3, -0.25) is 20.0 Å². The monoisotopic (exact) mass is 276 g/mol. The van der Waals surface area contributed by atoms with Gasteiger partial charge in [0.2, 0.25) is 0 Å². The highest BCUT2D eigenvalue weighted by atomic mass is 16.6. The molecular weight excluding hydrogens is 264 g/mol. The molecule has 2 aromatic rings. The Bertz CT molecular complexity index is 624. The molecule has 0 saturated heterocycles. The van der Waals surface area contributed by atoms with E-state index in [9.17, 15) is 14.9 Å². The van der Waals surface area contributed by atoms with Crippen molar-refractivity contribution in [3.8, 4) is 5.75 Å². The number of amides is 1. The largest absolute Gasteiger partial charge is 0.496 e. The van der Waals surface area contributed by atoms with Gasteiger partial charge in [-0.2, -0.15) is 5.10 Å². The van der Waals surface area contributed by atoms with E-state index in [4.69, 9.17) is 4.74 Å². The standard InChI is InChI=1S/C12H12N4O4/c1-20-10-4-2-3-9(16(18)19)11(10)12(17)13-5-8-6-14-15-7-8/h2-4,6-7H,5H2,1H3,(H,13,17)(H,14,15). The van der Waals surface area contributed by atoms with Crippen LogP contribution in [0.2, 0.25) is 0 Å². The molecule has 1 aromatic carbocycles. The molecule has 0 saturated carbocycles. The lowest BCUT2D eigenvalue weighted by Crippen LogP contribution is -2.24. The number of carbonyl (C=O) groups excluding carboxylic acids is 1. The lowest BCUT2D eigenvalue weighted by Gasteiger charge is -2.09. The summed E-state index contributed by atoms with van der Waals surface area (Å²) in [7, 11) is 1.35. The van der Waals surface area contributed by atoms with E-state index in [1.54, 1.807) is 12.4 Å². The Hall–Kier alpha value is -2.90. The van der Waals surface area contributed by atoms with Crippen molar-refractivity contribution in [1.29, 1.82) is 0 Å². The number of H-pyrrole nitrogens is 1. The third-order valence-corrected chi connectivity index (χ3v) is 2.66. The average molecular weight is 276 g/mol. The van der Waals surface area contributed by atoms with Crippen LogP contribution in [0, 0.1) is 10.1 Å². The summed E-state index contributed by atoms with van der Waals surface area (Å²) in [5, 5.41) is 19.9. The molecule has 20 heavy (non-hydrogen) atoms. The summed E-state index contributed by atoms with van der Waals surface area (Å²) in [6.07, 6.45) is 3.17. The van der Waals surface area contributed by atoms with Crippen LogP contribution in [0.4, 0.5) is 5.69 Å². The second-order valence-corrected chi connectivity index (χ2v) is 3.90. The molecule has 104 valence electrons. The van der Waals surface area contributed by atoms with E-state index in [1.807, 2.05) is 0 Å². The summed E-state index contributed by atoms with van der Waals surface area (Å²) in [4.78, 5) is 22.5. The van der Waals surface area contributed by atoms with Crippen LogP contribution >= 0.6 is 0 Å². The van der Waals surface area contributed by atoms with E-state index in [0.29, 0.717) is 0 Å². The number of hydrogen-bond acceptors (Lipinski definition) is 5. The number of hydrogen-bond donors (Lipinski definition) is 2. The number of ether oxygens (including phenoxy) is 1. The zero-order valence-corrected chi connectivity index (χ0v) is 10.6. The Morgan fingerprint density at radius 3 is 2.95 bits per heavy atom. The van der Waals surface area contributed by atoms with Crippen LogP contribution in [0.15, 0.2) is 30.6 Å². The second-order valence-electron chi connectivity index (χ2n) is 3.90. The third kappa shape index (κ3) is 2.74. The summed E-state index contributed by atoms with van der Waals surface area (Å²) in [5.41, 5.74) is 0.369. The molecule has 0 aliphatic rings. The van der Waals surface area contributed by atoms with Gasteiger partial charge in [0, 0.05) is 24.4 Å². The number of nitrogens with one attached hydrogen (secondary N) is 2. The maximum Gasteiger partial charge on any atom is 0.285 e. The van der Waals surface area contributed by atoms with E-state index in [1.165, 1.54) is 25.3 Å². The van der Waals surface area contributed by atoms with Crippen LogP contribution < -0.4 is 10.1 Å². The Labute approximate surface area is 113 Å². The van der Waals surface area contributed by atoms with Crippen molar-refractivity contribution in [2.45, 2.75) is 6.54 Å². The van der Waals surface area contributed by atoms with Crippen LogP contribution in [-0.4, -0.2) is 28.1 Å². The first-order valence-corrected chi connectivity index (χ1v) is 5.70. The van der Waals surface area contributed by atoms with E-state index < -0.39 is 10.8 Å². The van der Waals surface area contributed by atoms with Gasteiger partial charge in [-0.1, -0.05) is 6.07 Å². The van der Waals surface area contributed by atoms with Crippen LogP contribution in [0.1, 0.15) is 15.9 Å². The van der Waals surface area contributed by atoms with Crippen LogP contribution in [-0.2, 0) is 6.54 Å². The maximum atomic E-state index is 12.1. The molecule has 8 heteroatoms. The first kappa shape index (κ1) is 13.5. The summed E-state index contributed by atoms with van der Waals surface area (Å²) in [5.74, 6) is -0.417. The van der Waals surface area contributed by atoms with Crippen LogP contribution in [0.5, 0.6) is 5.75 Å². The predicted molar refractivity (Wildman–Crippen MR) is 69.4 cm³/mol. The van der Waals surface area contributed by atoms with Crippen molar-refractivity contribution in [2.75, 3.05) is 7.11 Å². The van der Waals surface area contributed by atoms with Gasteiger partial charge in [0.1, 0.15) is 5.75 Å². The SMILES string of the molecule is COc1cccc([N+](=O)[O-])c1C(=O)NCc1cn[nH]c1. The molecule has 8 nitrogen and oxygen atoms in total. The number of nitro groups is 1. The highest BCUT2D eigenvalue weighted by molar-refractivity contribution is 6.00. The summed E-state index contributed by atoms with van der Waals surface area (Å²) in [6, 6.07) is 4.22. The van der Waals surface area contributed by atoms with E-state index in [2.05, 4.69) is 15.5 Å². The molecule has 0 spiro atoms. The highest BCUT2D eigenvalue weighted by Gasteiger charge is 2.24. The summed E-state index contributed by atoms with van der Waals surface area (Å²) >= 11 is 0. The maximum absolute atomic E-state index is 12.1. The van der Waals surface area contributed by atoms with Gasteiger partial charge in [0.15, 0.2) is 5.56 Å². The molecule has 0 fully saturated rings. The number of aromatic nitrogens is 2. The Kier molecular flexibility index (Phi) is 3.94. The smallest absolute Gasteiger partial charge is 0.285 e. The van der Waals surface area contributed by atoms with Gasteiger partial charge < -0.3 is 10.1 Å². The number of benzene rings is 1. The fraction of sp³-hybridized carbons (Fsp3) is 0.167. The molecular formula is C12H12N4O4. The van der Waals surface area contributed by atoms with Crippen molar-refractivity contribution in [3.05, 3.63) is 51.8 Å². The van der Waals surface area contributed by atoms with Gasteiger partial charge >= 0.3 is 0 Å². The number of carbonyl (C=O) groups is 1. The van der Waals surface area contributed by atoms with E-state index in [-0.39, 0.29) is 23.5 Å². The zero-order valence-electron chi connectivity index (χ0n) is 10.6. The molecule has 0 radical (unpaired) electrons. The zero-order chi connectivity index (χ0) is 14.5. The van der Waals surface area contributed by atoms with Gasteiger partial charge in [-0.25, -0.2) is 0 Å². The van der Waals surface area contributed by atoms with Crippen molar-refractivity contribution < 1.29 is 14.5 Å². The van der Waals surface area contributed by atoms with E-state index >= 15 is 0 Å². The van der Waals surface area contributed by atoms with Gasteiger partial charge in [-0.05, 0) is 6.07 Å². The second kappa shape index (κ2) is 5.83. The summed E-state index contributed by atoms with van der Waals surface area (Å²) in [6.45, 7) is 0.213. The van der Waals surface area contributed by atoms with Crippen LogP contribution in [0.3, 0.4) is 0 Å². The molecule has 0 unspecified atom stereocenters. The van der Waals surface area contributed by atoms with Crippen molar-refractivity contribution in [2.24, 2.45) is 0 Å². The number of aromatic amines is 1. The normalized spacial score (nSPS) is 10.1. The lowest BCUT2D eigenvalue weighted by atomic mass is 10.1. The Morgan fingerprint density at radius 2 is 2.35 bits per heavy atom. The van der Waals surface area contributed by atoms with Gasteiger partial charge in [-0.15, -0.1) is 0 Å². The molecule has 1 heterocycles. The summed E-state index contributed by atoms with van der Waals surface area (Å²) < 4.78 is 5.01. The fourth-order valence-electron chi connectivity index (χ4n) is 1.72. The molecule has 0 bridgehead atoms. The number of nitrogens with zero attached hydrogens (tertiary/aromatic N) is 2. The molecule has 0 aliphatic carbocycles. The minimum atomic E-state index is -0.616. The molecule has 2 N–H and O–H groups in total. The number of methoxy groups -OCH3 is 1. The molecule has 1 amide bonds. The first-order chi connectivity index (χ1) is 9.63. The highest BCUT2D eigenvalue weighted by Crippen LogP contribution is 2.27. The molecule has 2 rings (SSSR count). The average Bonchev–Trinajstić information content (AvgIpc) is 2.97.